The maximum absolute atomic E-state index is 12.3. The largest absolute Gasteiger partial charge is 0.496 e. The van der Waals surface area contributed by atoms with Gasteiger partial charge in [-0.2, -0.15) is 5.10 Å². The maximum atomic E-state index is 12.3. The standard InChI is InChI=1S/C17H20BrClN2O3/c1-17(2,3)21-16(22)15(19)14(9-20-21)24-10-12-6-5-11(8-18)7-13(12)23-4/h5-7,9H,8,10H2,1-4H3. The molecule has 0 aliphatic carbocycles. The molecule has 0 atom stereocenters. The van der Waals surface area contributed by atoms with Crippen LogP contribution in [0.1, 0.15) is 31.9 Å². The van der Waals surface area contributed by atoms with Gasteiger partial charge in [0.25, 0.3) is 5.56 Å². The van der Waals surface area contributed by atoms with Gasteiger partial charge in [0.1, 0.15) is 12.4 Å². The first-order valence-corrected chi connectivity index (χ1v) is 8.90. The van der Waals surface area contributed by atoms with Gasteiger partial charge in [-0.25, -0.2) is 4.68 Å². The Labute approximate surface area is 154 Å². The molecule has 1 heterocycles. The van der Waals surface area contributed by atoms with Crippen LogP contribution in [-0.2, 0) is 17.5 Å². The van der Waals surface area contributed by atoms with Crippen LogP contribution in [0.25, 0.3) is 0 Å². The molecule has 0 saturated heterocycles. The lowest BCUT2D eigenvalue weighted by Crippen LogP contribution is -2.36. The quantitative estimate of drug-likeness (QED) is 0.689. The number of hydrogen-bond donors (Lipinski definition) is 0. The average molecular weight is 416 g/mol. The van der Waals surface area contributed by atoms with Crippen LogP contribution in [0.2, 0.25) is 5.02 Å². The third kappa shape index (κ3) is 4.11. The van der Waals surface area contributed by atoms with E-state index in [1.807, 2.05) is 39.0 Å². The molecule has 0 bridgehead atoms. The van der Waals surface area contributed by atoms with Crippen molar-refractivity contribution in [2.45, 2.75) is 38.2 Å². The molecular formula is C17H20BrClN2O3. The SMILES string of the molecule is COc1cc(CBr)ccc1COc1cnn(C(C)(C)C)c(=O)c1Cl. The highest BCUT2D eigenvalue weighted by Crippen LogP contribution is 2.26. The van der Waals surface area contributed by atoms with Crippen molar-refractivity contribution in [2.75, 3.05) is 7.11 Å². The molecule has 24 heavy (non-hydrogen) atoms. The summed E-state index contributed by atoms with van der Waals surface area (Å²) in [4.78, 5) is 12.3. The highest BCUT2D eigenvalue weighted by atomic mass is 79.9. The summed E-state index contributed by atoms with van der Waals surface area (Å²) >= 11 is 9.57. The number of ether oxygens (including phenoxy) is 2. The molecule has 130 valence electrons. The molecule has 2 aromatic rings. The van der Waals surface area contributed by atoms with Gasteiger partial charge < -0.3 is 9.47 Å². The maximum Gasteiger partial charge on any atom is 0.289 e. The number of benzene rings is 1. The van der Waals surface area contributed by atoms with Crippen molar-refractivity contribution in [2.24, 2.45) is 0 Å². The van der Waals surface area contributed by atoms with E-state index in [0.717, 1.165) is 22.2 Å². The molecule has 0 radical (unpaired) electrons. The predicted octanol–water partition coefficient (Wildman–Crippen LogP) is 4.13. The molecule has 1 aromatic carbocycles. The summed E-state index contributed by atoms with van der Waals surface area (Å²) < 4.78 is 12.4. The van der Waals surface area contributed by atoms with E-state index < -0.39 is 5.54 Å². The molecule has 7 heteroatoms. The fourth-order valence-corrected chi connectivity index (χ4v) is 2.68. The zero-order chi connectivity index (χ0) is 17.9. The Kier molecular flexibility index (Phi) is 5.93. The number of nitrogens with zero attached hydrogens (tertiary/aromatic N) is 2. The number of halogens is 2. The molecule has 5 nitrogen and oxygen atoms in total. The van der Waals surface area contributed by atoms with Crippen LogP contribution >= 0.6 is 27.5 Å². The normalized spacial score (nSPS) is 11.4. The second kappa shape index (κ2) is 7.57. The van der Waals surface area contributed by atoms with Crippen LogP contribution in [0.4, 0.5) is 0 Å². The number of rotatable bonds is 5. The van der Waals surface area contributed by atoms with Gasteiger partial charge in [-0.05, 0) is 32.4 Å². The van der Waals surface area contributed by atoms with Crippen LogP contribution in [-0.4, -0.2) is 16.9 Å². The van der Waals surface area contributed by atoms with Crippen LogP contribution in [0, 0.1) is 0 Å². The predicted molar refractivity (Wildman–Crippen MR) is 98.5 cm³/mol. The molecule has 1 aromatic heterocycles. The molecule has 0 aliphatic heterocycles. The second-order valence-electron chi connectivity index (χ2n) is 6.28. The Morgan fingerprint density at radius 3 is 2.58 bits per heavy atom. The first-order chi connectivity index (χ1) is 11.3. The second-order valence-corrected chi connectivity index (χ2v) is 7.22. The Morgan fingerprint density at radius 1 is 1.29 bits per heavy atom. The van der Waals surface area contributed by atoms with Crippen molar-refractivity contribution >= 4 is 27.5 Å². The lowest BCUT2D eigenvalue weighted by atomic mass is 10.1. The average Bonchev–Trinajstić information content (AvgIpc) is 2.54. The van der Waals surface area contributed by atoms with E-state index in [1.165, 1.54) is 10.9 Å². The first kappa shape index (κ1) is 18.8. The Morgan fingerprint density at radius 2 is 2.00 bits per heavy atom. The first-order valence-electron chi connectivity index (χ1n) is 7.40. The smallest absolute Gasteiger partial charge is 0.289 e. The van der Waals surface area contributed by atoms with Crippen LogP contribution in [0.15, 0.2) is 29.2 Å². The summed E-state index contributed by atoms with van der Waals surface area (Å²) in [5, 5.41) is 4.92. The van der Waals surface area contributed by atoms with E-state index in [9.17, 15) is 4.79 Å². The summed E-state index contributed by atoms with van der Waals surface area (Å²) in [6.45, 7) is 5.88. The zero-order valence-corrected chi connectivity index (χ0v) is 16.4. The van der Waals surface area contributed by atoms with E-state index in [2.05, 4.69) is 21.0 Å². The van der Waals surface area contributed by atoms with Crippen LogP contribution in [0.5, 0.6) is 11.5 Å². The van der Waals surface area contributed by atoms with E-state index in [-0.39, 0.29) is 22.9 Å². The topological polar surface area (TPSA) is 53.4 Å². The Bertz CT molecular complexity index is 784. The van der Waals surface area contributed by atoms with Crippen molar-refractivity contribution in [3.8, 4) is 11.5 Å². The molecule has 0 N–H and O–H groups in total. The van der Waals surface area contributed by atoms with Crippen molar-refractivity contribution < 1.29 is 9.47 Å². The molecule has 0 aliphatic rings. The number of alkyl halides is 1. The fourth-order valence-electron chi connectivity index (χ4n) is 2.14. The van der Waals surface area contributed by atoms with Gasteiger partial charge in [-0.1, -0.05) is 39.7 Å². The van der Waals surface area contributed by atoms with Crippen molar-refractivity contribution in [1.82, 2.24) is 9.78 Å². The lowest BCUT2D eigenvalue weighted by molar-refractivity contribution is 0.285. The Hall–Kier alpha value is -1.53. The van der Waals surface area contributed by atoms with Crippen LogP contribution in [0.3, 0.4) is 0 Å². The van der Waals surface area contributed by atoms with Gasteiger partial charge in [0, 0.05) is 10.9 Å². The zero-order valence-electron chi connectivity index (χ0n) is 14.1. The molecule has 0 amide bonds. The third-order valence-corrected chi connectivity index (χ3v) is 4.41. The summed E-state index contributed by atoms with van der Waals surface area (Å²) in [5.74, 6) is 0.979. The molecule has 0 saturated carbocycles. The van der Waals surface area contributed by atoms with E-state index in [4.69, 9.17) is 21.1 Å². The summed E-state index contributed by atoms with van der Waals surface area (Å²) in [6, 6.07) is 5.84. The summed E-state index contributed by atoms with van der Waals surface area (Å²) in [6.07, 6.45) is 1.47. The Balaban J connectivity index is 2.24. The minimum atomic E-state index is -0.450. The molecule has 0 spiro atoms. The number of methoxy groups -OCH3 is 1. The van der Waals surface area contributed by atoms with Crippen molar-refractivity contribution in [3.63, 3.8) is 0 Å². The van der Waals surface area contributed by atoms with E-state index in [1.54, 1.807) is 7.11 Å². The molecular weight excluding hydrogens is 396 g/mol. The highest BCUT2D eigenvalue weighted by Gasteiger charge is 2.20. The van der Waals surface area contributed by atoms with E-state index in [0.29, 0.717) is 0 Å². The highest BCUT2D eigenvalue weighted by molar-refractivity contribution is 9.08. The minimum absolute atomic E-state index is 0.0240. The van der Waals surface area contributed by atoms with Crippen molar-refractivity contribution in [1.29, 1.82) is 0 Å². The van der Waals surface area contributed by atoms with Gasteiger partial charge in [-0.3, -0.25) is 4.79 Å². The van der Waals surface area contributed by atoms with Crippen LogP contribution < -0.4 is 15.0 Å². The summed E-state index contributed by atoms with van der Waals surface area (Å²) in [5.41, 5.74) is 1.14. The number of hydrogen-bond acceptors (Lipinski definition) is 4. The lowest BCUT2D eigenvalue weighted by Gasteiger charge is -2.21. The van der Waals surface area contributed by atoms with E-state index >= 15 is 0 Å². The van der Waals surface area contributed by atoms with Gasteiger partial charge in [0.2, 0.25) is 0 Å². The van der Waals surface area contributed by atoms with Gasteiger partial charge in [-0.15, -0.1) is 0 Å². The molecule has 0 fully saturated rings. The van der Waals surface area contributed by atoms with Crippen molar-refractivity contribution in [3.05, 3.63) is 50.9 Å². The monoisotopic (exact) mass is 414 g/mol. The minimum Gasteiger partial charge on any atom is -0.496 e. The summed E-state index contributed by atoms with van der Waals surface area (Å²) in [7, 11) is 1.61. The van der Waals surface area contributed by atoms with Gasteiger partial charge in [0.15, 0.2) is 10.8 Å². The van der Waals surface area contributed by atoms with Gasteiger partial charge in [0.05, 0.1) is 18.8 Å². The van der Waals surface area contributed by atoms with Gasteiger partial charge >= 0.3 is 0 Å². The molecule has 2 rings (SSSR count). The number of aromatic nitrogens is 2. The third-order valence-electron chi connectivity index (χ3n) is 3.41. The molecule has 0 unspecified atom stereocenters. The fraction of sp³-hybridized carbons (Fsp3) is 0.412.